The molecule has 4 bridgehead atoms. The molecule has 0 heterocycles. The van der Waals surface area contributed by atoms with Crippen LogP contribution in [0.2, 0.25) is 0 Å². The average molecular weight is 288 g/mol. The van der Waals surface area contributed by atoms with Crippen molar-refractivity contribution in [2.24, 2.45) is 17.8 Å². The number of nitrogens with zero attached hydrogens (tertiary/aromatic N) is 1. The third kappa shape index (κ3) is 1.68. The minimum Gasteiger partial charge on any atom is -1.00 e. The lowest BCUT2D eigenvalue weighted by Crippen LogP contribution is -3.00. The number of hydrogen-bond acceptors (Lipinski definition) is 0. The molecular weight excluding hydrogens is 262 g/mol. The summed E-state index contributed by atoms with van der Waals surface area (Å²) in [5.41, 5.74) is 0.684. The van der Waals surface area contributed by atoms with Gasteiger partial charge in [0.2, 0.25) is 0 Å². The highest BCUT2D eigenvalue weighted by Crippen LogP contribution is 2.58. The molecule has 0 spiro atoms. The molecule has 0 N–H and O–H groups in total. The highest BCUT2D eigenvalue weighted by molar-refractivity contribution is 5.03. The zero-order valence-corrected chi connectivity index (χ0v) is 12.6. The van der Waals surface area contributed by atoms with Gasteiger partial charge >= 0.3 is 0 Å². The van der Waals surface area contributed by atoms with Crippen LogP contribution in [0.4, 0.5) is 0 Å². The minimum absolute atomic E-state index is 0. The Bertz CT molecular complexity index is 237. The topological polar surface area (TPSA) is 0 Å². The molecule has 0 atom stereocenters. The van der Waals surface area contributed by atoms with Crippen molar-refractivity contribution in [3.63, 3.8) is 0 Å². The quantitative estimate of drug-likeness (QED) is 0.630. The standard InChI is InChI=1S/C14H26N.BrH/c1-4-15(2,3)14-8-11-5-12(9-14)7-13(6-11)10-14;/h11-13H,4-10H2,1-3H3;1H/q+1;/p-1. The minimum atomic E-state index is 0. The van der Waals surface area contributed by atoms with E-state index in [4.69, 9.17) is 0 Å². The zero-order chi connectivity index (χ0) is 10.7. The average Bonchev–Trinajstić information content (AvgIpc) is 2.15. The Morgan fingerprint density at radius 2 is 1.31 bits per heavy atom. The summed E-state index contributed by atoms with van der Waals surface area (Å²) in [6.45, 7) is 3.69. The van der Waals surface area contributed by atoms with Crippen molar-refractivity contribution in [2.75, 3.05) is 20.6 Å². The lowest BCUT2D eigenvalue weighted by molar-refractivity contribution is -0.946. The molecule has 1 nitrogen and oxygen atoms in total. The summed E-state index contributed by atoms with van der Waals surface area (Å²) in [5, 5.41) is 0. The molecule has 0 amide bonds. The van der Waals surface area contributed by atoms with Crippen LogP contribution in [-0.4, -0.2) is 30.7 Å². The van der Waals surface area contributed by atoms with Gasteiger partial charge in [0.05, 0.1) is 26.2 Å². The monoisotopic (exact) mass is 287 g/mol. The molecule has 0 aromatic rings. The second-order valence-electron chi connectivity index (χ2n) is 7.14. The molecule has 0 unspecified atom stereocenters. The Hall–Kier alpha value is 0.440. The Kier molecular flexibility index (Phi) is 3.21. The first-order valence-corrected chi connectivity index (χ1v) is 6.88. The van der Waals surface area contributed by atoms with E-state index in [1.165, 1.54) is 11.0 Å². The van der Waals surface area contributed by atoms with Crippen molar-refractivity contribution < 1.29 is 21.5 Å². The zero-order valence-electron chi connectivity index (χ0n) is 11.0. The lowest BCUT2D eigenvalue weighted by atomic mass is 9.52. The van der Waals surface area contributed by atoms with Crippen LogP contribution >= 0.6 is 0 Å². The molecule has 0 radical (unpaired) electrons. The largest absolute Gasteiger partial charge is 1.00 e. The highest BCUT2D eigenvalue weighted by Gasteiger charge is 2.57. The second kappa shape index (κ2) is 3.98. The van der Waals surface area contributed by atoms with Crippen LogP contribution < -0.4 is 17.0 Å². The first-order chi connectivity index (χ1) is 7.05. The van der Waals surface area contributed by atoms with E-state index in [9.17, 15) is 0 Å². The van der Waals surface area contributed by atoms with Crippen molar-refractivity contribution in [3.05, 3.63) is 0 Å². The Morgan fingerprint density at radius 1 is 0.938 bits per heavy atom. The number of rotatable bonds is 2. The van der Waals surface area contributed by atoms with E-state index in [0.717, 1.165) is 17.8 Å². The first-order valence-electron chi connectivity index (χ1n) is 6.88. The summed E-state index contributed by atoms with van der Waals surface area (Å²) in [6, 6.07) is 0. The van der Waals surface area contributed by atoms with E-state index in [1.54, 1.807) is 38.5 Å². The molecule has 0 aromatic carbocycles. The summed E-state index contributed by atoms with van der Waals surface area (Å²) in [5.74, 6) is 3.29. The molecule has 4 rings (SSSR count). The van der Waals surface area contributed by atoms with E-state index < -0.39 is 0 Å². The normalized spacial score (nSPS) is 45.6. The van der Waals surface area contributed by atoms with Gasteiger partial charge in [-0.05, 0) is 43.9 Å². The van der Waals surface area contributed by atoms with Gasteiger partial charge in [0.15, 0.2) is 0 Å². The summed E-state index contributed by atoms with van der Waals surface area (Å²) < 4.78 is 1.29. The van der Waals surface area contributed by atoms with Gasteiger partial charge in [0.25, 0.3) is 0 Å². The Morgan fingerprint density at radius 3 is 1.62 bits per heavy atom. The first kappa shape index (κ1) is 12.9. The summed E-state index contributed by atoms with van der Waals surface area (Å²) in [7, 11) is 4.96. The molecule has 94 valence electrons. The van der Waals surface area contributed by atoms with E-state index in [0.29, 0.717) is 5.54 Å². The number of halogens is 1. The van der Waals surface area contributed by atoms with Crippen molar-refractivity contribution in [1.82, 2.24) is 0 Å². The van der Waals surface area contributed by atoms with E-state index >= 15 is 0 Å². The molecule has 0 aromatic heterocycles. The molecular formula is C14H26BrN. The van der Waals surface area contributed by atoms with E-state index in [2.05, 4.69) is 21.0 Å². The van der Waals surface area contributed by atoms with Crippen molar-refractivity contribution in [3.8, 4) is 0 Å². The fourth-order valence-corrected chi connectivity index (χ4v) is 5.14. The molecule has 16 heavy (non-hydrogen) atoms. The van der Waals surface area contributed by atoms with Crippen molar-refractivity contribution in [2.45, 2.75) is 51.0 Å². The second-order valence-corrected chi connectivity index (χ2v) is 7.14. The number of hydrogen-bond donors (Lipinski definition) is 0. The van der Waals surface area contributed by atoms with Gasteiger partial charge in [-0.25, -0.2) is 0 Å². The van der Waals surface area contributed by atoms with Crippen molar-refractivity contribution in [1.29, 1.82) is 0 Å². The van der Waals surface area contributed by atoms with Gasteiger partial charge in [0, 0.05) is 19.3 Å². The predicted molar refractivity (Wildman–Crippen MR) is 63.6 cm³/mol. The lowest BCUT2D eigenvalue weighted by Gasteiger charge is -2.62. The highest BCUT2D eigenvalue weighted by atomic mass is 79.9. The maximum atomic E-state index is 2.48. The maximum absolute atomic E-state index is 2.48. The molecule has 4 fully saturated rings. The van der Waals surface area contributed by atoms with Crippen LogP contribution in [0, 0.1) is 17.8 Å². The molecule has 0 aliphatic heterocycles. The molecule has 4 aliphatic rings. The van der Waals surface area contributed by atoms with Gasteiger partial charge in [-0.2, -0.15) is 0 Å². The van der Waals surface area contributed by atoms with Crippen molar-refractivity contribution >= 4 is 0 Å². The summed E-state index contributed by atoms with van der Waals surface area (Å²) in [4.78, 5) is 0. The Labute approximate surface area is 111 Å². The fraction of sp³-hybridized carbons (Fsp3) is 1.00. The van der Waals surface area contributed by atoms with Crippen LogP contribution in [0.15, 0.2) is 0 Å². The van der Waals surface area contributed by atoms with Gasteiger partial charge in [-0.1, -0.05) is 0 Å². The van der Waals surface area contributed by atoms with Crippen LogP contribution in [-0.2, 0) is 0 Å². The molecule has 0 saturated heterocycles. The third-order valence-electron chi connectivity index (χ3n) is 6.08. The van der Waals surface area contributed by atoms with Crippen LogP contribution in [0.5, 0.6) is 0 Å². The maximum Gasteiger partial charge on any atom is 0.0996 e. The molecule has 2 heteroatoms. The predicted octanol–water partition coefficient (Wildman–Crippen LogP) is 0.0555. The van der Waals surface area contributed by atoms with E-state index in [-0.39, 0.29) is 17.0 Å². The third-order valence-corrected chi connectivity index (χ3v) is 6.08. The van der Waals surface area contributed by atoms with Gasteiger partial charge in [-0.3, -0.25) is 0 Å². The van der Waals surface area contributed by atoms with Crippen LogP contribution in [0.3, 0.4) is 0 Å². The van der Waals surface area contributed by atoms with Crippen LogP contribution in [0.25, 0.3) is 0 Å². The summed E-state index contributed by atoms with van der Waals surface area (Å²) >= 11 is 0. The number of quaternary nitrogens is 1. The van der Waals surface area contributed by atoms with Gasteiger partial charge in [-0.15, -0.1) is 0 Å². The van der Waals surface area contributed by atoms with E-state index in [1.807, 2.05) is 0 Å². The molecule has 4 aliphatic carbocycles. The molecule has 4 saturated carbocycles. The smallest absolute Gasteiger partial charge is 0.0996 e. The fourth-order valence-electron chi connectivity index (χ4n) is 5.14. The summed E-state index contributed by atoms with van der Waals surface area (Å²) in [6.07, 6.45) is 9.34. The van der Waals surface area contributed by atoms with Gasteiger partial charge in [0.1, 0.15) is 0 Å². The van der Waals surface area contributed by atoms with Gasteiger partial charge < -0.3 is 21.5 Å². The van der Waals surface area contributed by atoms with Crippen LogP contribution in [0.1, 0.15) is 45.4 Å². The Balaban J connectivity index is 0.000000963. The SMILES string of the molecule is CC[N+](C)(C)C12CC3CC(CC(C3)C1)C2.[Br-].